The third-order valence-corrected chi connectivity index (χ3v) is 12.6. The standard InChI is InChI=1S/C35H31N3O7S2/c1-43-20-10-6-18(7-11-20)36-25(39)16-45-22-5-3-4-17(14-22)26-27-23-15-24(30(27)46-32-31(26)47-35(42)37-32)29-28(23)33(40)38(34(29)41)19-8-12-21(44-2)13-9-19/h3-14,23-24,26-30H,15-16H2,1-2H3,(H,36,39)(H,37,42)/t23?,24?,26-,27?,28?,29?,30?/m1/s1. The minimum Gasteiger partial charge on any atom is -0.497 e. The first-order chi connectivity index (χ1) is 22.8. The molecule has 47 heavy (non-hydrogen) atoms. The topological polar surface area (TPSA) is 127 Å². The number of benzene rings is 3. The Morgan fingerprint density at radius 2 is 1.57 bits per heavy atom. The number of imide groups is 1. The Kier molecular flexibility index (Phi) is 7.36. The van der Waals surface area contributed by atoms with Crippen molar-refractivity contribution < 1.29 is 28.6 Å². The molecule has 12 heteroatoms. The molecule has 2 N–H and O–H groups in total. The van der Waals surface area contributed by atoms with Crippen LogP contribution >= 0.6 is 23.1 Å². The number of amides is 3. The van der Waals surface area contributed by atoms with E-state index in [1.165, 1.54) is 16.2 Å². The first-order valence-corrected chi connectivity index (χ1v) is 17.1. The quantitative estimate of drug-likeness (QED) is 0.247. The minimum atomic E-state index is -0.405. The van der Waals surface area contributed by atoms with E-state index >= 15 is 0 Å². The summed E-state index contributed by atoms with van der Waals surface area (Å²) in [5.74, 6) is 0.397. The van der Waals surface area contributed by atoms with E-state index in [-0.39, 0.29) is 64.0 Å². The summed E-state index contributed by atoms with van der Waals surface area (Å²) in [6.07, 6.45) is 0.795. The van der Waals surface area contributed by atoms with Crippen molar-refractivity contribution in [2.45, 2.75) is 22.6 Å². The number of hydrogen-bond donors (Lipinski definition) is 2. The summed E-state index contributed by atoms with van der Waals surface area (Å²) in [6.45, 7) is -0.183. The van der Waals surface area contributed by atoms with Gasteiger partial charge < -0.3 is 24.5 Å². The summed E-state index contributed by atoms with van der Waals surface area (Å²) in [4.78, 5) is 58.5. The third-order valence-electron chi connectivity index (χ3n) is 10.0. The van der Waals surface area contributed by atoms with Gasteiger partial charge in [-0.3, -0.25) is 24.1 Å². The molecule has 4 aliphatic rings. The smallest absolute Gasteiger partial charge is 0.305 e. The monoisotopic (exact) mass is 669 g/mol. The first kappa shape index (κ1) is 29.8. The number of aromatic nitrogens is 1. The molecule has 8 rings (SSSR count). The largest absolute Gasteiger partial charge is 0.497 e. The minimum absolute atomic E-state index is 0.0137. The highest BCUT2D eigenvalue weighted by molar-refractivity contribution is 8.00. The summed E-state index contributed by atoms with van der Waals surface area (Å²) >= 11 is 2.85. The normalized spacial score (nSPS) is 26.9. The zero-order valence-electron chi connectivity index (χ0n) is 25.5. The van der Waals surface area contributed by atoms with E-state index < -0.39 is 5.92 Å². The fraction of sp³-hybridized carbons (Fsp3) is 0.314. The van der Waals surface area contributed by atoms with Crippen molar-refractivity contribution in [2.75, 3.05) is 31.0 Å². The molecule has 2 bridgehead atoms. The molecule has 2 aliphatic carbocycles. The van der Waals surface area contributed by atoms with E-state index in [4.69, 9.17) is 14.2 Å². The summed E-state index contributed by atoms with van der Waals surface area (Å²) in [7, 11) is 3.16. The van der Waals surface area contributed by atoms with Gasteiger partial charge >= 0.3 is 4.87 Å². The molecular formula is C35H31N3O7S2. The number of nitrogens with zero attached hydrogens (tertiary/aromatic N) is 1. The number of hydrogen-bond acceptors (Lipinski definition) is 9. The van der Waals surface area contributed by atoms with Gasteiger partial charge in [0.1, 0.15) is 17.2 Å². The van der Waals surface area contributed by atoms with E-state index in [2.05, 4.69) is 10.3 Å². The average Bonchev–Trinajstić information content (AvgIpc) is 3.83. The first-order valence-electron chi connectivity index (χ1n) is 15.4. The van der Waals surface area contributed by atoms with Crippen LogP contribution in [0.15, 0.2) is 82.6 Å². The Morgan fingerprint density at radius 1 is 0.894 bits per heavy atom. The molecule has 0 radical (unpaired) electrons. The second-order valence-electron chi connectivity index (χ2n) is 12.3. The van der Waals surface area contributed by atoms with Crippen LogP contribution in [0.4, 0.5) is 11.4 Å². The van der Waals surface area contributed by atoms with Gasteiger partial charge in [-0.1, -0.05) is 23.5 Å². The van der Waals surface area contributed by atoms with Gasteiger partial charge in [-0.25, -0.2) is 0 Å². The zero-order chi connectivity index (χ0) is 32.4. The summed E-state index contributed by atoms with van der Waals surface area (Å²) in [5.41, 5.74) is 2.15. The second kappa shape index (κ2) is 11.6. The molecule has 0 spiro atoms. The van der Waals surface area contributed by atoms with E-state index in [1.54, 1.807) is 74.5 Å². The molecule has 4 aromatic rings. The number of anilines is 2. The van der Waals surface area contributed by atoms with Gasteiger partial charge in [-0.05, 0) is 90.4 Å². The van der Waals surface area contributed by atoms with Gasteiger partial charge in [0.25, 0.3) is 5.91 Å². The van der Waals surface area contributed by atoms with Crippen molar-refractivity contribution in [2.24, 2.45) is 29.6 Å². The van der Waals surface area contributed by atoms with Gasteiger partial charge in [-0.15, -0.1) is 11.8 Å². The summed E-state index contributed by atoms with van der Waals surface area (Å²) in [5, 5.41) is 3.73. The number of fused-ring (bicyclic) bond motifs is 9. The number of carbonyl (C=O) groups excluding carboxylic acids is 3. The fourth-order valence-electron chi connectivity index (χ4n) is 8.19. The molecule has 1 aromatic heterocycles. The van der Waals surface area contributed by atoms with Crippen LogP contribution in [0, 0.1) is 29.6 Å². The van der Waals surface area contributed by atoms with Crippen molar-refractivity contribution in [1.29, 1.82) is 0 Å². The highest BCUT2D eigenvalue weighted by Crippen LogP contribution is 2.68. The molecule has 10 nitrogen and oxygen atoms in total. The Labute approximate surface area is 278 Å². The van der Waals surface area contributed by atoms with Crippen LogP contribution in [-0.4, -0.2) is 48.8 Å². The number of rotatable bonds is 8. The average molecular weight is 670 g/mol. The van der Waals surface area contributed by atoms with Gasteiger partial charge in [0, 0.05) is 21.7 Å². The van der Waals surface area contributed by atoms with E-state index in [1.807, 2.05) is 24.3 Å². The highest BCUT2D eigenvalue weighted by atomic mass is 32.2. The summed E-state index contributed by atoms with van der Waals surface area (Å²) < 4.78 is 16.4. The molecular weight excluding hydrogens is 639 g/mol. The van der Waals surface area contributed by atoms with Crippen LogP contribution in [0.5, 0.6) is 17.2 Å². The highest BCUT2D eigenvalue weighted by Gasteiger charge is 2.69. The second-order valence-corrected chi connectivity index (χ2v) is 14.5. The van der Waals surface area contributed by atoms with Crippen molar-refractivity contribution in [1.82, 2.24) is 4.98 Å². The van der Waals surface area contributed by atoms with Crippen LogP contribution in [0.25, 0.3) is 0 Å². The number of thioether (sulfide) groups is 1. The zero-order valence-corrected chi connectivity index (χ0v) is 27.1. The van der Waals surface area contributed by atoms with Crippen LogP contribution in [0.2, 0.25) is 0 Å². The lowest BCUT2D eigenvalue weighted by Gasteiger charge is -2.43. The molecule has 3 fully saturated rings. The molecule has 3 amide bonds. The van der Waals surface area contributed by atoms with Crippen molar-refractivity contribution in [3.63, 3.8) is 0 Å². The van der Waals surface area contributed by atoms with Crippen LogP contribution < -0.4 is 29.3 Å². The molecule has 3 aromatic carbocycles. The molecule has 240 valence electrons. The van der Waals surface area contributed by atoms with E-state index in [9.17, 15) is 19.2 Å². The number of carbonyl (C=O) groups is 3. The van der Waals surface area contributed by atoms with Gasteiger partial charge in [-0.2, -0.15) is 0 Å². The van der Waals surface area contributed by atoms with Crippen molar-refractivity contribution in [3.8, 4) is 17.2 Å². The van der Waals surface area contributed by atoms with E-state index in [0.29, 0.717) is 28.6 Å². The van der Waals surface area contributed by atoms with E-state index in [0.717, 1.165) is 21.9 Å². The molecule has 1 saturated heterocycles. The molecule has 7 atom stereocenters. The maximum Gasteiger partial charge on any atom is 0.305 e. The predicted octanol–water partition coefficient (Wildman–Crippen LogP) is 5.15. The van der Waals surface area contributed by atoms with Crippen LogP contribution in [-0.2, 0) is 14.4 Å². The molecule has 6 unspecified atom stereocenters. The number of nitrogens with one attached hydrogen (secondary N) is 2. The Hall–Kier alpha value is -4.55. The maximum absolute atomic E-state index is 14.0. The predicted molar refractivity (Wildman–Crippen MR) is 178 cm³/mol. The van der Waals surface area contributed by atoms with Crippen LogP contribution in [0.1, 0.15) is 22.8 Å². The third kappa shape index (κ3) is 4.92. The lowest BCUT2D eigenvalue weighted by molar-refractivity contribution is -0.123. The van der Waals surface area contributed by atoms with Crippen molar-refractivity contribution >= 4 is 52.2 Å². The molecule has 2 aliphatic heterocycles. The van der Waals surface area contributed by atoms with Gasteiger partial charge in [0.15, 0.2) is 6.61 Å². The van der Waals surface area contributed by atoms with Gasteiger partial charge in [0.05, 0.1) is 36.8 Å². The molecule has 2 saturated carbocycles. The van der Waals surface area contributed by atoms with Gasteiger partial charge in [0.2, 0.25) is 11.8 Å². The SMILES string of the molecule is COc1ccc(NC(=O)COc2cccc([C@H]3c4sc(=O)[nH]c4SC4C5CC(C6C(=O)N(c7ccc(OC)cc7)C(=O)C56)C43)c2)cc1. The maximum atomic E-state index is 14.0. The number of methoxy groups -OCH3 is 2. The number of aromatic amines is 1. The summed E-state index contributed by atoms with van der Waals surface area (Å²) in [6, 6.07) is 21.7. The molecule has 3 heterocycles. The van der Waals surface area contributed by atoms with Crippen molar-refractivity contribution in [3.05, 3.63) is 92.9 Å². The Morgan fingerprint density at radius 3 is 2.28 bits per heavy atom. The number of H-pyrrole nitrogens is 1. The lowest BCUT2D eigenvalue weighted by Crippen LogP contribution is -2.42. The number of ether oxygens (including phenoxy) is 3. The Balaban J connectivity index is 1.06. The Bertz CT molecular complexity index is 1940. The fourth-order valence-corrected chi connectivity index (χ4v) is 11.1. The number of thiazole rings is 1. The lowest BCUT2D eigenvalue weighted by atomic mass is 9.68. The van der Waals surface area contributed by atoms with Crippen LogP contribution in [0.3, 0.4) is 0 Å².